The summed E-state index contributed by atoms with van der Waals surface area (Å²) in [7, 11) is 0. The Hall–Kier alpha value is -0.570. The molecule has 1 rings (SSSR count). The van der Waals surface area contributed by atoms with E-state index in [1.165, 1.54) is 0 Å². The molecule has 3 nitrogen and oxygen atoms in total. The van der Waals surface area contributed by atoms with Gasteiger partial charge in [-0.05, 0) is 25.7 Å². The van der Waals surface area contributed by atoms with E-state index in [4.69, 9.17) is 5.11 Å². The van der Waals surface area contributed by atoms with Crippen molar-refractivity contribution >= 4 is 5.91 Å². The molecule has 0 aromatic heterocycles. The molecule has 82 valence electrons. The van der Waals surface area contributed by atoms with E-state index >= 15 is 0 Å². The third kappa shape index (κ3) is 3.29. The maximum absolute atomic E-state index is 11.5. The molecule has 1 aliphatic rings. The molecule has 0 saturated carbocycles. The minimum atomic E-state index is -0.298. The van der Waals surface area contributed by atoms with Crippen molar-refractivity contribution in [1.29, 1.82) is 0 Å². The molecule has 0 aromatic carbocycles. The molecule has 1 amide bonds. The van der Waals surface area contributed by atoms with E-state index in [-0.39, 0.29) is 12.0 Å². The van der Waals surface area contributed by atoms with Gasteiger partial charge in [-0.1, -0.05) is 13.3 Å². The Balaban J connectivity index is 2.29. The number of rotatable bonds is 5. The van der Waals surface area contributed by atoms with E-state index in [0.717, 1.165) is 25.9 Å². The van der Waals surface area contributed by atoms with Gasteiger partial charge < -0.3 is 10.0 Å². The number of carbonyl (C=O) groups is 1. The van der Waals surface area contributed by atoms with E-state index in [9.17, 15) is 4.79 Å². The molecule has 1 heterocycles. The minimum Gasteiger partial charge on any atom is -0.393 e. The van der Waals surface area contributed by atoms with Gasteiger partial charge in [0.2, 0.25) is 5.91 Å². The first kappa shape index (κ1) is 11.5. The van der Waals surface area contributed by atoms with Crippen LogP contribution >= 0.6 is 0 Å². The Morgan fingerprint density at radius 2 is 2.36 bits per heavy atom. The smallest absolute Gasteiger partial charge is 0.222 e. The average molecular weight is 199 g/mol. The van der Waals surface area contributed by atoms with E-state index < -0.39 is 0 Å². The molecule has 2 atom stereocenters. The molecular formula is C11H21NO2. The van der Waals surface area contributed by atoms with Gasteiger partial charge in [0.05, 0.1) is 6.10 Å². The average Bonchev–Trinajstić information content (AvgIpc) is 2.44. The van der Waals surface area contributed by atoms with E-state index in [2.05, 4.69) is 6.92 Å². The molecule has 1 fully saturated rings. The van der Waals surface area contributed by atoms with Crippen molar-refractivity contribution < 1.29 is 9.90 Å². The SMILES string of the molecule is CCCC1CC(=O)N(CCC(C)O)C1. The summed E-state index contributed by atoms with van der Waals surface area (Å²) in [4.78, 5) is 13.4. The Morgan fingerprint density at radius 1 is 1.64 bits per heavy atom. The maximum Gasteiger partial charge on any atom is 0.222 e. The molecule has 0 spiro atoms. The second-order valence-electron chi connectivity index (χ2n) is 4.34. The van der Waals surface area contributed by atoms with Crippen LogP contribution in [0.1, 0.15) is 39.5 Å². The van der Waals surface area contributed by atoms with Crippen LogP contribution in [0, 0.1) is 5.92 Å². The van der Waals surface area contributed by atoms with Crippen LogP contribution in [-0.2, 0) is 4.79 Å². The molecule has 1 saturated heterocycles. The third-order valence-corrected chi connectivity index (χ3v) is 2.81. The van der Waals surface area contributed by atoms with Crippen LogP contribution in [0.5, 0.6) is 0 Å². The van der Waals surface area contributed by atoms with Gasteiger partial charge in [-0.25, -0.2) is 0 Å². The standard InChI is InChI=1S/C11H21NO2/c1-3-4-10-7-11(14)12(8-10)6-5-9(2)13/h9-10,13H,3-8H2,1-2H3. The summed E-state index contributed by atoms with van der Waals surface area (Å²) in [6.45, 7) is 5.54. The maximum atomic E-state index is 11.5. The number of aliphatic hydroxyl groups excluding tert-OH is 1. The molecule has 3 heteroatoms. The normalized spacial score (nSPS) is 24.4. The van der Waals surface area contributed by atoms with Crippen LogP contribution in [0.15, 0.2) is 0 Å². The second kappa shape index (κ2) is 5.35. The first-order chi connectivity index (χ1) is 6.63. The van der Waals surface area contributed by atoms with Gasteiger partial charge in [0.1, 0.15) is 0 Å². The molecule has 0 radical (unpaired) electrons. The summed E-state index contributed by atoms with van der Waals surface area (Å²) < 4.78 is 0. The van der Waals surface area contributed by atoms with E-state index in [1.807, 2.05) is 4.90 Å². The lowest BCUT2D eigenvalue weighted by atomic mass is 10.0. The molecular weight excluding hydrogens is 178 g/mol. The molecule has 1 aliphatic heterocycles. The number of amides is 1. The first-order valence-electron chi connectivity index (χ1n) is 5.59. The topological polar surface area (TPSA) is 40.5 Å². The molecule has 0 aromatic rings. The fourth-order valence-electron chi connectivity index (χ4n) is 2.01. The van der Waals surface area contributed by atoms with Gasteiger partial charge in [-0.15, -0.1) is 0 Å². The van der Waals surface area contributed by atoms with Gasteiger partial charge in [0, 0.05) is 19.5 Å². The fourth-order valence-corrected chi connectivity index (χ4v) is 2.01. The van der Waals surface area contributed by atoms with Crippen molar-refractivity contribution in [2.24, 2.45) is 5.92 Å². The largest absolute Gasteiger partial charge is 0.393 e. The summed E-state index contributed by atoms with van der Waals surface area (Å²) in [5, 5.41) is 9.13. The number of likely N-dealkylation sites (tertiary alicyclic amines) is 1. The predicted octanol–water partition coefficient (Wildman–Crippen LogP) is 1.41. The Labute approximate surface area is 86.1 Å². The van der Waals surface area contributed by atoms with Gasteiger partial charge >= 0.3 is 0 Å². The van der Waals surface area contributed by atoms with Gasteiger partial charge in [-0.2, -0.15) is 0 Å². The van der Waals surface area contributed by atoms with Gasteiger partial charge in [0.25, 0.3) is 0 Å². The van der Waals surface area contributed by atoms with Crippen LogP contribution in [0.2, 0.25) is 0 Å². The summed E-state index contributed by atoms with van der Waals surface area (Å²) >= 11 is 0. The van der Waals surface area contributed by atoms with Crippen molar-refractivity contribution in [3.63, 3.8) is 0 Å². The second-order valence-corrected chi connectivity index (χ2v) is 4.34. The van der Waals surface area contributed by atoms with Crippen molar-refractivity contribution in [1.82, 2.24) is 4.90 Å². The lowest BCUT2D eigenvalue weighted by Crippen LogP contribution is -2.28. The molecule has 0 bridgehead atoms. The minimum absolute atomic E-state index is 0.268. The Morgan fingerprint density at radius 3 is 2.93 bits per heavy atom. The monoisotopic (exact) mass is 199 g/mol. The highest BCUT2D eigenvalue weighted by atomic mass is 16.3. The summed E-state index contributed by atoms with van der Waals surface area (Å²) in [6.07, 6.45) is 3.42. The van der Waals surface area contributed by atoms with Crippen LogP contribution in [-0.4, -0.2) is 35.1 Å². The van der Waals surface area contributed by atoms with Crippen LogP contribution in [0.3, 0.4) is 0 Å². The number of carbonyl (C=O) groups excluding carboxylic acids is 1. The number of aliphatic hydroxyl groups is 1. The molecule has 14 heavy (non-hydrogen) atoms. The molecule has 2 unspecified atom stereocenters. The Bertz CT molecular complexity index is 192. The number of hydrogen-bond acceptors (Lipinski definition) is 2. The van der Waals surface area contributed by atoms with Crippen molar-refractivity contribution in [3.8, 4) is 0 Å². The highest BCUT2D eigenvalue weighted by molar-refractivity contribution is 5.78. The lowest BCUT2D eigenvalue weighted by Gasteiger charge is -2.17. The summed E-state index contributed by atoms with van der Waals surface area (Å²) in [5.41, 5.74) is 0. The van der Waals surface area contributed by atoms with Crippen LogP contribution in [0.25, 0.3) is 0 Å². The Kier molecular flexibility index (Phi) is 4.39. The number of hydrogen-bond donors (Lipinski definition) is 1. The number of nitrogens with zero attached hydrogens (tertiary/aromatic N) is 1. The van der Waals surface area contributed by atoms with E-state index in [0.29, 0.717) is 18.8 Å². The van der Waals surface area contributed by atoms with Crippen molar-refractivity contribution in [3.05, 3.63) is 0 Å². The quantitative estimate of drug-likeness (QED) is 0.727. The molecule has 1 N–H and O–H groups in total. The van der Waals surface area contributed by atoms with Gasteiger partial charge in [-0.3, -0.25) is 4.79 Å². The zero-order valence-corrected chi connectivity index (χ0v) is 9.20. The zero-order valence-electron chi connectivity index (χ0n) is 9.20. The predicted molar refractivity (Wildman–Crippen MR) is 55.9 cm³/mol. The van der Waals surface area contributed by atoms with Crippen molar-refractivity contribution in [2.45, 2.75) is 45.6 Å². The van der Waals surface area contributed by atoms with Crippen LogP contribution in [0.4, 0.5) is 0 Å². The lowest BCUT2D eigenvalue weighted by molar-refractivity contribution is -0.127. The zero-order chi connectivity index (χ0) is 10.6. The van der Waals surface area contributed by atoms with E-state index in [1.54, 1.807) is 6.92 Å². The fraction of sp³-hybridized carbons (Fsp3) is 0.909. The van der Waals surface area contributed by atoms with Gasteiger partial charge in [0.15, 0.2) is 0 Å². The molecule has 0 aliphatic carbocycles. The highest BCUT2D eigenvalue weighted by Gasteiger charge is 2.28. The third-order valence-electron chi connectivity index (χ3n) is 2.81. The summed E-state index contributed by atoms with van der Waals surface area (Å²) in [6, 6.07) is 0. The van der Waals surface area contributed by atoms with Crippen LogP contribution < -0.4 is 0 Å². The highest BCUT2D eigenvalue weighted by Crippen LogP contribution is 2.22. The summed E-state index contributed by atoms with van der Waals surface area (Å²) in [5.74, 6) is 0.825. The first-order valence-corrected chi connectivity index (χ1v) is 5.59. The van der Waals surface area contributed by atoms with Crippen molar-refractivity contribution in [2.75, 3.05) is 13.1 Å².